The molecule has 0 aromatic carbocycles. The van der Waals surface area contributed by atoms with Crippen LogP contribution >= 0.6 is 0 Å². The number of carbonyl (C=O) groups excluding carboxylic acids is 1. The number of ketones is 1. The van der Waals surface area contributed by atoms with E-state index in [0.29, 0.717) is 0 Å². The largest absolute Gasteiger partial charge is 0.477 e. The summed E-state index contributed by atoms with van der Waals surface area (Å²) in [6.07, 6.45) is 1.47. The Morgan fingerprint density at radius 1 is 1.73 bits per heavy atom. The molecule has 0 unspecified atom stereocenters. The maximum atomic E-state index is 10.8. The first-order valence-electron chi connectivity index (χ1n) is 3.13. The highest BCUT2D eigenvalue weighted by Gasteiger charge is 2.15. The molecule has 0 aromatic heterocycles. The van der Waals surface area contributed by atoms with E-state index in [1.54, 1.807) is 0 Å². The molecule has 0 aromatic rings. The van der Waals surface area contributed by atoms with Gasteiger partial charge < -0.3 is 5.11 Å². The van der Waals surface area contributed by atoms with Gasteiger partial charge in [-0.3, -0.25) is 4.79 Å². The van der Waals surface area contributed by atoms with E-state index in [1.807, 2.05) is 0 Å². The third-order valence-electron chi connectivity index (χ3n) is 1.39. The molecule has 4 heteroatoms. The Hall–Kier alpha value is -1.45. The van der Waals surface area contributed by atoms with Crippen molar-refractivity contribution in [3.63, 3.8) is 0 Å². The SMILES string of the molecule is CC1=NC(C(=O)O)=CCC1=O. The Labute approximate surface area is 63.2 Å². The zero-order valence-corrected chi connectivity index (χ0v) is 6.00. The summed E-state index contributed by atoms with van der Waals surface area (Å²) in [6.45, 7) is 1.51. The number of rotatable bonds is 1. The smallest absolute Gasteiger partial charge is 0.354 e. The van der Waals surface area contributed by atoms with E-state index in [4.69, 9.17) is 5.11 Å². The second-order valence-corrected chi connectivity index (χ2v) is 2.22. The molecule has 1 aliphatic rings. The van der Waals surface area contributed by atoms with Crippen LogP contribution in [0.1, 0.15) is 13.3 Å². The van der Waals surface area contributed by atoms with Gasteiger partial charge in [0.15, 0.2) is 5.78 Å². The van der Waals surface area contributed by atoms with Crippen LogP contribution in [0.2, 0.25) is 0 Å². The number of aliphatic carboxylic acids is 1. The molecular formula is C7H7NO3. The zero-order chi connectivity index (χ0) is 8.43. The van der Waals surface area contributed by atoms with E-state index in [2.05, 4.69) is 4.99 Å². The van der Waals surface area contributed by atoms with Crippen molar-refractivity contribution in [2.24, 2.45) is 4.99 Å². The van der Waals surface area contributed by atoms with E-state index in [1.165, 1.54) is 13.0 Å². The number of carboxylic acid groups (broad SMARTS) is 1. The van der Waals surface area contributed by atoms with Gasteiger partial charge in [0, 0.05) is 6.42 Å². The predicted molar refractivity (Wildman–Crippen MR) is 38.5 cm³/mol. The minimum atomic E-state index is -1.09. The van der Waals surface area contributed by atoms with Crippen LogP contribution in [0.5, 0.6) is 0 Å². The molecule has 1 N–H and O–H groups in total. The van der Waals surface area contributed by atoms with Crippen LogP contribution in [0.25, 0.3) is 0 Å². The lowest BCUT2D eigenvalue weighted by molar-refractivity contribution is -0.132. The molecule has 1 heterocycles. The lowest BCUT2D eigenvalue weighted by Gasteiger charge is -2.03. The van der Waals surface area contributed by atoms with Crippen LogP contribution in [-0.4, -0.2) is 22.6 Å². The summed E-state index contributed by atoms with van der Waals surface area (Å²) in [5, 5.41) is 8.46. The highest BCUT2D eigenvalue weighted by molar-refractivity contribution is 6.40. The summed E-state index contributed by atoms with van der Waals surface area (Å²) in [4.78, 5) is 24.7. The summed E-state index contributed by atoms with van der Waals surface area (Å²) in [5.74, 6) is -1.20. The lowest BCUT2D eigenvalue weighted by atomic mass is 10.1. The van der Waals surface area contributed by atoms with Crippen molar-refractivity contribution < 1.29 is 14.7 Å². The van der Waals surface area contributed by atoms with E-state index < -0.39 is 5.97 Å². The summed E-state index contributed by atoms with van der Waals surface area (Å²) < 4.78 is 0. The number of carbonyl (C=O) groups is 2. The lowest BCUT2D eigenvalue weighted by Crippen LogP contribution is -2.15. The average Bonchev–Trinajstić information content (AvgIpc) is 1.94. The molecule has 1 aliphatic heterocycles. The van der Waals surface area contributed by atoms with Crippen molar-refractivity contribution in [3.05, 3.63) is 11.8 Å². The topological polar surface area (TPSA) is 66.7 Å². The van der Waals surface area contributed by atoms with Gasteiger partial charge in [-0.05, 0) is 13.0 Å². The highest BCUT2D eigenvalue weighted by Crippen LogP contribution is 2.07. The fourth-order valence-corrected chi connectivity index (χ4v) is 0.761. The first kappa shape index (κ1) is 7.65. The van der Waals surface area contributed by atoms with Crippen LogP contribution in [0, 0.1) is 0 Å². The van der Waals surface area contributed by atoms with Gasteiger partial charge in [0.2, 0.25) is 0 Å². The van der Waals surface area contributed by atoms with Crippen LogP contribution in [0.15, 0.2) is 16.8 Å². The van der Waals surface area contributed by atoms with Gasteiger partial charge in [0.25, 0.3) is 0 Å². The third-order valence-corrected chi connectivity index (χ3v) is 1.39. The fourth-order valence-electron chi connectivity index (χ4n) is 0.761. The average molecular weight is 153 g/mol. The van der Waals surface area contributed by atoms with Crippen molar-refractivity contribution in [1.29, 1.82) is 0 Å². The molecule has 1 rings (SSSR count). The van der Waals surface area contributed by atoms with Crippen molar-refractivity contribution in [1.82, 2.24) is 0 Å². The Kier molecular flexibility index (Phi) is 1.85. The van der Waals surface area contributed by atoms with Crippen LogP contribution in [0.3, 0.4) is 0 Å². The summed E-state index contributed by atoms with van der Waals surface area (Å²) >= 11 is 0. The molecule has 0 aliphatic carbocycles. The summed E-state index contributed by atoms with van der Waals surface area (Å²) in [6, 6.07) is 0. The quantitative estimate of drug-likeness (QED) is 0.592. The molecule has 0 bridgehead atoms. The standard InChI is InChI=1S/C7H7NO3/c1-4-6(9)3-2-5(8-4)7(10)11/h2H,3H2,1H3,(H,10,11). The number of nitrogens with zero attached hydrogens (tertiary/aromatic N) is 1. The molecule has 0 radical (unpaired) electrons. The van der Waals surface area contributed by atoms with Crippen molar-refractivity contribution in [2.45, 2.75) is 13.3 Å². The van der Waals surface area contributed by atoms with Crippen molar-refractivity contribution in [3.8, 4) is 0 Å². The molecule has 0 saturated heterocycles. The van der Waals surface area contributed by atoms with Crippen LogP contribution in [0.4, 0.5) is 0 Å². The highest BCUT2D eigenvalue weighted by atomic mass is 16.4. The van der Waals surface area contributed by atoms with Gasteiger partial charge in [0.05, 0.1) is 5.71 Å². The third kappa shape index (κ3) is 1.52. The van der Waals surface area contributed by atoms with Gasteiger partial charge in [0.1, 0.15) is 5.70 Å². The Bertz CT molecular complexity index is 275. The second kappa shape index (κ2) is 2.65. The van der Waals surface area contributed by atoms with Gasteiger partial charge in [-0.1, -0.05) is 0 Å². The van der Waals surface area contributed by atoms with E-state index >= 15 is 0 Å². The Morgan fingerprint density at radius 3 is 2.82 bits per heavy atom. The molecule has 11 heavy (non-hydrogen) atoms. The zero-order valence-electron chi connectivity index (χ0n) is 6.00. The van der Waals surface area contributed by atoms with E-state index in [0.717, 1.165) is 0 Å². The molecule has 0 atom stereocenters. The maximum absolute atomic E-state index is 10.8. The minimum absolute atomic E-state index is 0.0397. The minimum Gasteiger partial charge on any atom is -0.477 e. The Balaban J connectivity index is 2.91. The maximum Gasteiger partial charge on any atom is 0.354 e. The van der Waals surface area contributed by atoms with E-state index in [9.17, 15) is 9.59 Å². The molecule has 0 fully saturated rings. The van der Waals surface area contributed by atoms with Crippen LogP contribution in [-0.2, 0) is 9.59 Å². The van der Waals surface area contributed by atoms with Crippen molar-refractivity contribution >= 4 is 17.5 Å². The number of hydrogen-bond donors (Lipinski definition) is 1. The van der Waals surface area contributed by atoms with Gasteiger partial charge in [-0.15, -0.1) is 0 Å². The molecule has 58 valence electrons. The number of aliphatic imine (C=N–C) groups is 1. The summed E-state index contributed by atoms with van der Waals surface area (Å²) in [7, 11) is 0. The van der Waals surface area contributed by atoms with Gasteiger partial charge in [-0.25, -0.2) is 9.79 Å². The Morgan fingerprint density at radius 2 is 2.36 bits per heavy atom. The van der Waals surface area contributed by atoms with Gasteiger partial charge >= 0.3 is 5.97 Å². The van der Waals surface area contributed by atoms with E-state index in [-0.39, 0.29) is 23.6 Å². The molecule has 4 nitrogen and oxygen atoms in total. The number of hydrogen-bond acceptors (Lipinski definition) is 3. The number of allylic oxidation sites excluding steroid dienone is 1. The molecular weight excluding hydrogens is 146 g/mol. The number of carboxylic acids is 1. The first-order valence-corrected chi connectivity index (χ1v) is 3.13. The second-order valence-electron chi connectivity index (χ2n) is 2.22. The first-order chi connectivity index (χ1) is 5.11. The van der Waals surface area contributed by atoms with Gasteiger partial charge in [-0.2, -0.15) is 0 Å². The number of Topliss-reactive ketones (excluding diaryl/α,β-unsaturated/α-hetero) is 1. The molecule has 0 amide bonds. The predicted octanol–water partition coefficient (Wildman–Crippen LogP) is 0.389. The molecule has 0 saturated carbocycles. The molecule has 0 spiro atoms. The fraction of sp³-hybridized carbons (Fsp3) is 0.286. The summed E-state index contributed by atoms with van der Waals surface area (Å²) in [5.41, 5.74) is 0.229. The van der Waals surface area contributed by atoms with Crippen molar-refractivity contribution in [2.75, 3.05) is 0 Å². The van der Waals surface area contributed by atoms with Crippen LogP contribution < -0.4 is 0 Å². The normalized spacial score (nSPS) is 17.4. The monoisotopic (exact) mass is 153 g/mol.